The van der Waals surface area contributed by atoms with Crippen LogP contribution in [0.5, 0.6) is 0 Å². The summed E-state index contributed by atoms with van der Waals surface area (Å²) in [6.45, 7) is 4.00. The van der Waals surface area contributed by atoms with Crippen LogP contribution in [0.25, 0.3) is 0 Å². The average molecular weight is 162 g/mol. The third kappa shape index (κ3) is 2.50. The standard InChI is InChI=1S/C11H14O/c1-9-4-3-5-11(6-9)7-10(2)8-12/h3-6,8,10H,7H2,1-2H3. The predicted molar refractivity (Wildman–Crippen MR) is 50.1 cm³/mol. The molecule has 0 aromatic heterocycles. The van der Waals surface area contributed by atoms with Gasteiger partial charge in [0.1, 0.15) is 6.29 Å². The van der Waals surface area contributed by atoms with Crippen LogP contribution in [-0.2, 0) is 11.2 Å². The van der Waals surface area contributed by atoms with Crippen molar-refractivity contribution in [1.82, 2.24) is 0 Å². The number of aryl methyl sites for hydroxylation is 1. The van der Waals surface area contributed by atoms with Gasteiger partial charge >= 0.3 is 0 Å². The average Bonchev–Trinajstić information content (AvgIpc) is 2.04. The van der Waals surface area contributed by atoms with E-state index in [1.807, 2.05) is 13.0 Å². The van der Waals surface area contributed by atoms with Gasteiger partial charge in [-0.15, -0.1) is 0 Å². The molecule has 0 aliphatic heterocycles. The first-order chi connectivity index (χ1) is 5.72. The zero-order valence-corrected chi connectivity index (χ0v) is 7.58. The van der Waals surface area contributed by atoms with Gasteiger partial charge in [0.05, 0.1) is 0 Å². The predicted octanol–water partition coefficient (Wildman–Crippen LogP) is 2.37. The first-order valence-electron chi connectivity index (χ1n) is 4.23. The van der Waals surface area contributed by atoms with Crippen LogP contribution in [0.1, 0.15) is 18.1 Å². The molecule has 0 saturated heterocycles. The lowest BCUT2D eigenvalue weighted by Crippen LogP contribution is -2.00. The van der Waals surface area contributed by atoms with Crippen LogP contribution >= 0.6 is 0 Å². The number of hydrogen-bond donors (Lipinski definition) is 0. The maximum Gasteiger partial charge on any atom is 0.123 e. The molecule has 0 aliphatic carbocycles. The third-order valence-electron chi connectivity index (χ3n) is 1.87. The maximum absolute atomic E-state index is 10.4. The number of hydrogen-bond acceptors (Lipinski definition) is 1. The van der Waals surface area contributed by atoms with Crippen molar-refractivity contribution in [3.8, 4) is 0 Å². The summed E-state index contributed by atoms with van der Waals surface area (Å²) >= 11 is 0. The second kappa shape index (κ2) is 4.05. The zero-order chi connectivity index (χ0) is 8.97. The van der Waals surface area contributed by atoms with Crippen LogP contribution in [0.3, 0.4) is 0 Å². The van der Waals surface area contributed by atoms with Gasteiger partial charge in [-0.05, 0) is 18.9 Å². The van der Waals surface area contributed by atoms with E-state index >= 15 is 0 Å². The Bertz CT molecular complexity index is 265. The van der Waals surface area contributed by atoms with E-state index in [2.05, 4.69) is 25.1 Å². The number of rotatable bonds is 3. The molecule has 1 rings (SSSR count). The van der Waals surface area contributed by atoms with Crippen LogP contribution in [0.15, 0.2) is 24.3 Å². The summed E-state index contributed by atoms with van der Waals surface area (Å²) in [5, 5.41) is 0. The van der Waals surface area contributed by atoms with E-state index < -0.39 is 0 Å². The molecule has 64 valence electrons. The Balaban J connectivity index is 2.69. The third-order valence-corrected chi connectivity index (χ3v) is 1.87. The fourth-order valence-electron chi connectivity index (χ4n) is 1.26. The Morgan fingerprint density at radius 3 is 2.83 bits per heavy atom. The highest BCUT2D eigenvalue weighted by Gasteiger charge is 2.00. The number of benzene rings is 1. The lowest BCUT2D eigenvalue weighted by molar-refractivity contribution is -0.110. The lowest BCUT2D eigenvalue weighted by atomic mass is 10.0. The molecule has 1 heteroatoms. The SMILES string of the molecule is Cc1cccc(CC(C)C=O)c1. The van der Waals surface area contributed by atoms with Gasteiger partial charge in [-0.3, -0.25) is 0 Å². The Hall–Kier alpha value is -1.11. The normalized spacial score (nSPS) is 12.5. The van der Waals surface area contributed by atoms with Crippen molar-refractivity contribution in [2.24, 2.45) is 5.92 Å². The van der Waals surface area contributed by atoms with Crippen molar-refractivity contribution in [3.63, 3.8) is 0 Å². The molecule has 0 amide bonds. The van der Waals surface area contributed by atoms with Gasteiger partial charge in [-0.2, -0.15) is 0 Å². The lowest BCUT2D eigenvalue weighted by Gasteiger charge is -2.03. The Labute approximate surface area is 73.4 Å². The van der Waals surface area contributed by atoms with Crippen LogP contribution in [0, 0.1) is 12.8 Å². The minimum Gasteiger partial charge on any atom is -0.303 e. The van der Waals surface area contributed by atoms with Crippen molar-refractivity contribution in [3.05, 3.63) is 35.4 Å². The highest BCUT2D eigenvalue weighted by atomic mass is 16.1. The second-order valence-electron chi connectivity index (χ2n) is 3.31. The van der Waals surface area contributed by atoms with E-state index in [9.17, 15) is 4.79 Å². The molecule has 0 N–H and O–H groups in total. The van der Waals surface area contributed by atoms with Crippen molar-refractivity contribution in [2.75, 3.05) is 0 Å². The molecular formula is C11H14O. The van der Waals surface area contributed by atoms with Crippen molar-refractivity contribution >= 4 is 6.29 Å². The molecule has 0 radical (unpaired) electrons. The summed E-state index contributed by atoms with van der Waals surface area (Å²) in [6, 6.07) is 8.28. The molecule has 0 heterocycles. The Kier molecular flexibility index (Phi) is 3.03. The van der Waals surface area contributed by atoms with Crippen LogP contribution < -0.4 is 0 Å². The topological polar surface area (TPSA) is 17.1 Å². The van der Waals surface area contributed by atoms with E-state index in [0.29, 0.717) is 0 Å². The fourth-order valence-corrected chi connectivity index (χ4v) is 1.26. The number of carbonyl (C=O) groups is 1. The molecule has 1 unspecified atom stereocenters. The molecule has 0 bridgehead atoms. The highest BCUT2D eigenvalue weighted by molar-refractivity contribution is 5.53. The largest absolute Gasteiger partial charge is 0.303 e. The van der Waals surface area contributed by atoms with E-state index in [0.717, 1.165) is 12.7 Å². The molecular weight excluding hydrogens is 148 g/mol. The van der Waals surface area contributed by atoms with E-state index in [1.54, 1.807) is 0 Å². The van der Waals surface area contributed by atoms with Gasteiger partial charge in [-0.25, -0.2) is 0 Å². The van der Waals surface area contributed by atoms with Crippen molar-refractivity contribution in [1.29, 1.82) is 0 Å². The van der Waals surface area contributed by atoms with Gasteiger partial charge in [0.2, 0.25) is 0 Å². The summed E-state index contributed by atoms with van der Waals surface area (Å²) in [7, 11) is 0. The van der Waals surface area contributed by atoms with Crippen LogP contribution in [0.4, 0.5) is 0 Å². The van der Waals surface area contributed by atoms with E-state index in [1.165, 1.54) is 11.1 Å². The van der Waals surface area contributed by atoms with E-state index in [4.69, 9.17) is 0 Å². The summed E-state index contributed by atoms with van der Waals surface area (Å²) in [6.07, 6.45) is 1.85. The number of aldehydes is 1. The minimum atomic E-state index is 0.131. The molecule has 0 fully saturated rings. The molecule has 1 aromatic rings. The molecule has 0 spiro atoms. The Morgan fingerprint density at radius 1 is 1.50 bits per heavy atom. The van der Waals surface area contributed by atoms with Gasteiger partial charge in [0.25, 0.3) is 0 Å². The molecule has 1 atom stereocenters. The molecule has 1 nitrogen and oxygen atoms in total. The van der Waals surface area contributed by atoms with Crippen molar-refractivity contribution in [2.45, 2.75) is 20.3 Å². The summed E-state index contributed by atoms with van der Waals surface area (Å²) < 4.78 is 0. The minimum absolute atomic E-state index is 0.131. The zero-order valence-electron chi connectivity index (χ0n) is 7.58. The van der Waals surface area contributed by atoms with Crippen LogP contribution in [0.2, 0.25) is 0 Å². The fraction of sp³-hybridized carbons (Fsp3) is 0.364. The van der Waals surface area contributed by atoms with Gasteiger partial charge in [0, 0.05) is 5.92 Å². The molecule has 0 aliphatic rings. The van der Waals surface area contributed by atoms with Gasteiger partial charge in [0.15, 0.2) is 0 Å². The monoisotopic (exact) mass is 162 g/mol. The highest BCUT2D eigenvalue weighted by Crippen LogP contribution is 2.08. The smallest absolute Gasteiger partial charge is 0.123 e. The van der Waals surface area contributed by atoms with Crippen LogP contribution in [-0.4, -0.2) is 6.29 Å². The second-order valence-corrected chi connectivity index (χ2v) is 3.31. The molecule has 0 saturated carbocycles. The quantitative estimate of drug-likeness (QED) is 0.623. The number of carbonyl (C=O) groups excluding carboxylic acids is 1. The van der Waals surface area contributed by atoms with Crippen molar-refractivity contribution < 1.29 is 4.79 Å². The molecule has 1 aromatic carbocycles. The summed E-state index contributed by atoms with van der Waals surface area (Å²) in [5.41, 5.74) is 2.50. The summed E-state index contributed by atoms with van der Waals surface area (Å²) in [5.74, 6) is 0.131. The van der Waals surface area contributed by atoms with E-state index in [-0.39, 0.29) is 5.92 Å². The maximum atomic E-state index is 10.4. The Morgan fingerprint density at radius 2 is 2.25 bits per heavy atom. The first-order valence-corrected chi connectivity index (χ1v) is 4.23. The first kappa shape index (κ1) is 8.98. The van der Waals surface area contributed by atoms with Gasteiger partial charge in [-0.1, -0.05) is 36.8 Å². The van der Waals surface area contributed by atoms with Gasteiger partial charge < -0.3 is 4.79 Å². The molecule has 12 heavy (non-hydrogen) atoms. The summed E-state index contributed by atoms with van der Waals surface area (Å²) in [4.78, 5) is 10.4.